The van der Waals surface area contributed by atoms with Crippen LogP contribution in [0.1, 0.15) is 23.3 Å². The van der Waals surface area contributed by atoms with E-state index in [1.807, 2.05) is 6.07 Å². The Labute approximate surface area is 189 Å². The molecule has 9 nitrogen and oxygen atoms in total. The van der Waals surface area contributed by atoms with Crippen LogP contribution in [0.25, 0.3) is 16.5 Å². The first-order valence-corrected chi connectivity index (χ1v) is 10.6. The number of methoxy groups -OCH3 is 1. The minimum Gasteiger partial charge on any atom is -0.469 e. The topological polar surface area (TPSA) is 108 Å². The second-order valence-corrected chi connectivity index (χ2v) is 7.70. The zero-order valence-electron chi connectivity index (χ0n) is 18.1. The predicted molar refractivity (Wildman–Crippen MR) is 119 cm³/mol. The van der Waals surface area contributed by atoms with Gasteiger partial charge in [-0.25, -0.2) is 4.79 Å². The van der Waals surface area contributed by atoms with Crippen molar-refractivity contribution in [2.45, 2.75) is 12.8 Å². The molecule has 1 saturated heterocycles. The van der Waals surface area contributed by atoms with E-state index in [0.29, 0.717) is 42.4 Å². The SMILES string of the molecule is COC(=O)C1CCN(C(=O)COC(=O)c2nn(-c3ccccc3)c(=O)c3ccccc23)CC1. The van der Waals surface area contributed by atoms with E-state index in [2.05, 4.69) is 5.10 Å². The van der Waals surface area contributed by atoms with Crippen molar-refractivity contribution < 1.29 is 23.9 Å². The van der Waals surface area contributed by atoms with Crippen molar-refractivity contribution in [3.05, 3.63) is 70.6 Å². The van der Waals surface area contributed by atoms with Gasteiger partial charge in [0.2, 0.25) is 0 Å². The van der Waals surface area contributed by atoms with E-state index in [1.165, 1.54) is 7.11 Å². The van der Waals surface area contributed by atoms with Gasteiger partial charge in [-0.3, -0.25) is 14.4 Å². The lowest BCUT2D eigenvalue weighted by atomic mass is 9.97. The third kappa shape index (κ3) is 4.62. The van der Waals surface area contributed by atoms with Crippen molar-refractivity contribution in [3.63, 3.8) is 0 Å². The number of likely N-dealkylation sites (tertiary alicyclic amines) is 1. The molecule has 0 spiro atoms. The van der Waals surface area contributed by atoms with Gasteiger partial charge in [0.1, 0.15) is 0 Å². The van der Waals surface area contributed by atoms with E-state index in [0.717, 1.165) is 4.68 Å². The summed E-state index contributed by atoms with van der Waals surface area (Å²) in [5.74, 6) is -1.66. The van der Waals surface area contributed by atoms with Crippen LogP contribution < -0.4 is 5.56 Å². The van der Waals surface area contributed by atoms with Gasteiger partial charge in [-0.1, -0.05) is 36.4 Å². The molecule has 4 rings (SSSR count). The number of aromatic nitrogens is 2. The number of hydrogen-bond acceptors (Lipinski definition) is 7. The van der Waals surface area contributed by atoms with Gasteiger partial charge in [-0.2, -0.15) is 9.78 Å². The number of carbonyl (C=O) groups is 3. The van der Waals surface area contributed by atoms with Gasteiger partial charge in [-0.05, 0) is 31.0 Å². The average molecular weight is 449 g/mol. The molecule has 0 saturated carbocycles. The van der Waals surface area contributed by atoms with E-state index in [1.54, 1.807) is 53.4 Å². The highest BCUT2D eigenvalue weighted by Gasteiger charge is 2.28. The summed E-state index contributed by atoms with van der Waals surface area (Å²) in [7, 11) is 1.35. The summed E-state index contributed by atoms with van der Waals surface area (Å²) in [4.78, 5) is 51.6. The number of piperidine rings is 1. The number of amides is 1. The molecule has 3 aromatic rings. The fourth-order valence-electron chi connectivity index (χ4n) is 3.90. The predicted octanol–water partition coefficient (Wildman–Crippen LogP) is 1.95. The summed E-state index contributed by atoms with van der Waals surface area (Å²) < 4.78 is 11.2. The van der Waals surface area contributed by atoms with Gasteiger partial charge in [-0.15, -0.1) is 0 Å². The Morgan fingerprint density at radius 3 is 2.27 bits per heavy atom. The normalized spacial score (nSPS) is 14.2. The van der Waals surface area contributed by atoms with E-state index >= 15 is 0 Å². The molecule has 0 radical (unpaired) electrons. The number of hydrogen-bond donors (Lipinski definition) is 0. The zero-order valence-corrected chi connectivity index (χ0v) is 18.1. The maximum absolute atomic E-state index is 12.9. The largest absolute Gasteiger partial charge is 0.469 e. The van der Waals surface area contributed by atoms with Crippen molar-refractivity contribution in [1.82, 2.24) is 14.7 Å². The van der Waals surface area contributed by atoms with E-state index in [-0.39, 0.29) is 29.0 Å². The van der Waals surface area contributed by atoms with Crippen molar-refractivity contribution >= 4 is 28.6 Å². The zero-order chi connectivity index (χ0) is 23.4. The van der Waals surface area contributed by atoms with Gasteiger partial charge in [0.15, 0.2) is 12.3 Å². The molecule has 33 heavy (non-hydrogen) atoms. The molecule has 0 atom stereocenters. The van der Waals surface area contributed by atoms with Crippen LogP contribution in [0, 0.1) is 5.92 Å². The van der Waals surface area contributed by atoms with Crippen LogP contribution in [0.4, 0.5) is 0 Å². The first kappa shape index (κ1) is 22.2. The fourth-order valence-corrected chi connectivity index (χ4v) is 3.90. The van der Waals surface area contributed by atoms with Crippen LogP contribution >= 0.6 is 0 Å². The number of rotatable bonds is 5. The number of benzene rings is 2. The van der Waals surface area contributed by atoms with Crippen LogP contribution in [0.5, 0.6) is 0 Å². The molecule has 0 unspecified atom stereocenters. The Hall–Kier alpha value is -4.01. The molecular weight excluding hydrogens is 426 g/mol. The lowest BCUT2D eigenvalue weighted by molar-refractivity contribution is -0.149. The molecule has 0 aliphatic carbocycles. The minimum absolute atomic E-state index is 0.0498. The molecule has 1 fully saturated rings. The standard InChI is InChI=1S/C24H23N3O6/c1-32-23(30)16-11-13-26(14-12-16)20(28)15-33-24(31)21-18-9-5-6-10-19(18)22(29)27(25-21)17-7-3-2-4-8-17/h2-10,16H,11-15H2,1H3. The summed E-state index contributed by atoms with van der Waals surface area (Å²) >= 11 is 0. The maximum atomic E-state index is 12.9. The first-order valence-electron chi connectivity index (χ1n) is 10.6. The van der Waals surface area contributed by atoms with Crippen molar-refractivity contribution in [2.75, 3.05) is 26.8 Å². The summed E-state index contributed by atoms with van der Waals surface area (Å²) in [6, 6.07) is 15.4. The van der Waals surface area contributed by atoms with Gasteiger partial charge in [0.05, 0.1) is 24.1 Å². The molecule has 2 heterocycles. The lowest BCUT2D eigenvalue weighted by Gasteiger charge is -2.30. The van der Waals surface area contributed by atoms with Crippen molar-refractivity contribution in [2.24, 2.45) is 5.92 Å². The molecule has 1 aliphatic rings. The van der Waals surface area contributed by atoms with Crippen LogP contribution in [0.2, 0.25) is 0 Å². The van der Waals surface area contributed by atoms with Crippen LogP contribution in [-0.2, 0) is 19.1 Å². The summed E-state index contributed by atoms with van der Waals surface area (Å²) in [5.41, 5.74) is 0.0935. The molecule has 0 bridgehead atoms. The molecule has 170 valence electrons. The smallest absolute Gasteiger partial charge is 0.359 e. The molecular formula is C24H23N3O6. The highest BCUT2D eigenvalue weighted by atomic mass is 16.5. The third-order valence-corrected chi connectivity index (χ3v) is 5.71. The Balaban J connectivity index is 1.52. The highest BCUT2D eigenvalue weighted by Crippen LogP contribution is 2.19. The Morgan fingerprint density at radius 1 is 0.970 bits per heavy atom. The van der Waals surface area contributed by atoms with Gasteiger partial charge >= 0.3 is 11.9 Å². The van der Waals surface area contributed by atoms with Crippen LogP contribution in [0.15, 0.2) is 59.4 Å². The van der Waals surface area contributed by atoms with Gasteiger partial charge < -0.3 is 14.4 Å². The lowest BCUT2D eigenvalue weighted by Crippen LogP contribution is -2.42. The average Bonchev–Trinajstić information content (AvgIpc) is 2.87. The number of ether oxygens (including phenoxy) is 2. The molecule has 0 N–H and O–H groups in total. The quantitative estimate of drug-likeness (QED) is 0.548. The third-order valence-electron chi connectivity index (χ3n) is 5.71. The molecule has 1 aliphatic heterocycles. The molecule has 2 aromatic carbocycles. The van der Waals surface area contributed by atoms with E-state index in [9.17, 15) is 19.2 Å². The highest BCUT2D eigenvalue weighted by molar-refractivity contribution is 6.02. The Kier molecular flexibility index (Phi) is 6.48. The first-order chi connectivity index (χ1) is 16.0. The maximum Gasteiger partial charge on any atom is 0.359 e. The second kappa shape index (κ2) is 9.64. The molecule has 1 aromatic heterocycles. The number of nitrogens with zero attached hydrogens (tertiary/aromatic N) is 3. The van der Waals surface area contributed by atoms with Crippen LogP contribution in [-0.4, -0.2) is 59.3 Å². The monoisotopic (exact) mass is 449 g/mol. The second-order valence-electron chi connectivity index (χ2n) is 7.70. The fraction of sp³-hybridized carbons (Fsp3) is 0.292. The van der Waals surface area contributed by atoms with Gasteiger partial charge in [0.25, 0.3) is 11.5 Å². The Morgan fingerprint density at radius 2 is 1.61 bits per heavy atom. The van der Waals surface area contributed by atoms with Crippen molar-refractivity contribution in [3.8, 4) is 5.69 Å². The summed E-state index contributed by atoms with van der Waals surface area (Å²) in [6.07, 6.45) is 1.00. The number of para-hydroxylation sites is 1. The van der Waals surface area contributed by atoms with E-state index in [4.69, 9.17) is 9.47 Å². The number of carbonyl (C=O) groups excluding carboxylic acids is 3. The summed E-state index contributed by atoms with van der Waals surface area (Å²) in [5, 5.41) is 4.92. The van der Waals surface area contributed by atoms with Crippen LogP contribution in [0.3, 0.4) is 0 Å². The van der Waals surface area contributed by atoms with E-state index < -0.39 is 12.6 Å². The van der Waals surface area contributed by atoms with Crippen molar-refractivity contribution in [1.29, 1.82) is 0 Å². The molecule has 1 amide bonds. The van der Waals surface area contributed by atoms with Gasteiger partial charge in [0, 0.05) is 18.5 Å². The summed E-state index contributed by atoms with van der Waals surface area (Å²) in [6.45, 7) is 0.314. The number of fused-ring (bicyclic) bond motifs is 1. The Bertz CT molecular complexity index is 1250. The molecule has 9 heteroatoms. The minimum atomic E-state index is -0.798. The number of esters is 2.